The summed E-state index contributed by atoms with van der Waals surface area (Å²) >= 11 is 0. The fourth-order valence-corrected chi connectivity index (χ4v) is 4.04. The number of hydrogen-bond donors (Lipinski definition) is 0. The van der Waals surface area contributed by atoms with Gasteiger partial charge in [-0.05, 0) is 30.5 Å². The van der Waals surface area contributed by atoms with Crippen LogP contribution in [0.3, 0.4) is 0 Å². The molecule has 1 saturated carbocycles. The highest BCUT2D eigenvalue weighted by molar-refractivity contribution is 5.79. The fraction of sp³-hybridized carbons (Fsp3) is 0.565. The van der Waals surface area contributed by atoms with Crippen LogP contribution in [-0.2, 0) is 22.6 Å². The first-order valence-corrected chi connectivity index (χ1v) is 10.9. The summed E-state index contributed by atoms with van der Waals surface area (Å²) in [6.45, 7) is 6.33. The first kappa shape index (κ1) is 20.9. The van der Waals surface area contributed by atoms with Gasteiger partial charge in [0.2, 0.25) is 5.91 Å². The van der Waals surface area contributed by atoms with Crippen molar-refractivity contribution in [1.29, 1.82) is 0 Å². The average molecular weight is 413 g/mol. The summed E-state index contributed by atoms with van der Waals surface area (Å²) in [7, 11) is 1.68. The molecule has 4 rings (SSSR count). The van der Waals surface area contributed by atoms with Gasteiger partial charge in [-0.1, -0.05) is 18.6 Å². The normalized spacial score (nSPS) is 17.5. The Hall–Kier alpha value is -2.38. The molecule has 0 spiro atoms. The molecule has 2 heterocycles. The average Bonchev–Trinajstić information content (AvgIpc) is 3.17. The molecule has 2 fully saturated rings. The van der Waals surface area contributed by atoms with E-state index in [1.165, 1.54) is 0 Å². The van der Waals surface area contributed by atoms with Crippen molar-refractivity contribution in [1.82, 2.24) is 19.4 Å². The van der Waals surface area contributed by atoms with Crippen LogP contribution in [0.1, 0.15) is 30.7 Å². The van der Waals surface area contributed by atoms with Gasteiger partial charge in [0.05, 0.1) is 26.9 Å². The van der Waals surface area contributed by atoms with Crippen molar-refractivity contribution in [3.05, 3.63) is 48.0 Å². The molecule has 1 aromatic heterocycles. The number of rotatable bonds is 9. The Labute approximate surface area is 178 Å². The third-order valence-corrected chi connectivity index (χ3v) is 6.18. The summed E-state index contributed by atoms with van der Waals surface area (Å²) < 4.78 is 12.9. The molecule has 7 heteroatoms. The van der Waals surface area contributed by atoms with E-state index in [2.05, 4.69) is 20.5 Å². The van der Waals surface area contributed by atoms with Gasteiger partial charge in [0, 0.05) is 51.0 Å². The highest BCUT2D eigenvalue weighted by atomic mass is 16.5. The van der Waals surface area contributed by atoms with Crippen LogP contribution in [0, 0.1) is 5.92 Å². The molecule has 162 valence electrons. The molecule has 2 aliphatic rings. The highest BCUT2D eigenvalue weighted by Gasteiger charge is 2.30. The van der Waals surface area contributed by atoms with Gasteiger partial charge in [0.25, 0.3) is 0 Å². The van der Waals surface area contributed by atoms with E-state index in [4.69, 9.17) is 9.47 Å². The Kier molecular flexibility index (Phi) is 7.02. The molecule has 1 amide bonds. The van der Waals surface area contributed by atoms with Crippen molar-refractivity contribution in [3.8, 4) is 5.75 Å². The van der Waals surface area contributed by atoms with Gasteiger partial charge < -0.3 is 18.9 Å². The van der Waals surface area contributed by atoms with E-state index >= 15 is 0 Å². The van der Waals surface area contributed by atoms with Crippen molar-refractivity contribution in [2.45, 2.75) is 32.4 Å². The van der Waals surface area contributed by atoms with Crippen LogP contribution in [0.25, 0.3) is 0 Å². The van der Waals surface area contributed by atoms with Crippen molar-refractivity contribution in [2.75, 3.05) is 46.5 Å². The fourth-order valence-electron chi connectivity index (χ4n) is 4.04. The monoisotopic (exact) mass is 412 g/mol. The van der Waals surface area contributed by atoms with Crippen LogP contribution in [-0.4, -0.2) is 71.8 Å². The number of morpholine rings is 1. The van der Waals surface area contributed by atoms with Gasteiger partial charge in [0.1, 0.15) is 11.6 Å². The predicted molar refractivity (Wildman–Crippen MR) is 114 cm³/mol. The Bertz CT molecular complexity index is 827. The number of methoxy groups -OCH3 is 1. The zero-order valence-electron chi connectivity index (χ0n) is 17.8. The number of benzene rings is 1. The first-order valence-electron chi connectivity index (χ1n) is 10.9. The van der Waals surface area contributed by atoms with E-state index in [1.807, 2.05) is 35.5 Å². The Morgan fingerprint density at radius 3 is 2.87 bits per heavy atom. The molecule has 1 aliphatic heterocycles. The van der Waals surface area contributed by atoms with Crippen LogP contribution in [0.5, 0.6) is 5.75 Å². The van der Waals surface area contributed by atoms with Gasteiger partial charge in [-0.2, -0.15) is 0 Å². The number of aromatic nitrogens is 2. The minimum absolute atomic E-state index is 0.191. The SMILES string of the molecule is COc1cccc(Cn2ccnc2CN(CCN2CCOCC2)C(=O)C2CCC2)c1. The van der Waals surface area contributed by atoms with Crippen molar-refractivity contribution in [2.24, 2.45) is 5.92 Å². The van der Waals surface area contributed by atoms with Crippen LogP contribution in [0.4, 0.5) is 0 Å². The molecule has 0 unspecified atom stereocenters. The minimum Gasteiger partial charge on any atom is -0.497 e. The molecule has 0 atom stereocenters. The second-order valence-electron chi connectivity index (χ2n) is 8.16. The Balaban J connectivity index is 1.44. The highest BCUT2D eigenvalue weighted by Crippen LogP contribution is 2.28. The topological polar surface area (TPSA) is 59.8 Å². The van der Waals surface area contributed by atoms with E-state index < -0.39 is 0 Å². The lowest BCUT2D eigenvalue weighted by Gasteiger charge is -2.34. The molecule has 7 nitrogen and oxygen atoms in total. The summed E-state index contributed by atoms with van der Waals surface area (Å²) in [6, 6.07) is 8.07. The summed E-state index contributed by atoms with van der Waals surface area (Å²) in [4.78, 5) is 22.1. The van der Waals surface area contributed by atoms with E-state index in [-0.39, 0.29) is 11.8 Å². The molecule has 30 heavy (non-hydrogen) atoms. The largest absolute Gasteiger partial charge is 0.497 e. The smallest absolute Gasteiger partial charge is 0.226 e. The zero-order chi connectivity index (χ0) is 20.8. The predicted octanol–water partition coefficient (Wildman–Crippen LogP) is 2.40. The summed E-state index contributed by atoms with van der Waals surface area (Å²) in [6.07, 6.45) is 7.01. The van der Waals surface area contributed by atoms with Crippen LogP contribution in [0.15, 0.2) is 36.7 Å². The van der Waals surface area contributed by atoms with Crippen LogP contribution in [0.2, 0.25) is 0 Å². The molecule has 0 bridgehead atoms. The number of amides is 1. The van der Waals surface area contributed by atoms with Gasteiger partial charge >= 0.3 is 0 Å². The van der Waals surface area contributed by atoms with Crippen LogP contribution < -0.4 is 4.74 Å². The van der Waals surface area contributed by atoms with Gasteiger partial charge in [-0.25, -0.2) is 4.98 Å². The van der Waals surface area contributed by atoms with Crippen molar-refractivity contribution >= 4 is 5.91 Å². The molecule has 1 aliphatic carbocycles. The van der Waals surface area contributed by atoms with Gasteiger partial charge in [-0.15, -0.1) is 0 Å². The first-order chi connectivity index (χ1) is 14.7. The summed E-state index contributed by atoms with van der Waals surface area (Å²) in [5.74, 6) is 2.25. The molecular weight excluding hydrogens is 380 g/mol. The maximum absolute atomic E-state index is 13.1. The number of ether oxygens (including phenoxy) is 2. The number of carbonyl (C=O) groups excluding carboxylic acids is 1. The quantitative estimate of drug-likeness (QED) is 0.633. The third-order valence-electron chi connectivity index (χ3n) is 6.18. The van der Waals surface area contributed by atoms with Crippen molar-refractivity contribution in [3.63, 3.8) is 0 Å². The lowest BCUT2D eigenvalue weighted by atomic mass is 9.84. The number of carbonyl (C=O) groups is 1. The lowest BCUT2D eigenvalue weighted by Crippen LogP contribution is -2.45. The summed E-state index contributed by atoms with van der Waals surface area (Å²) in [5, 5.41) is 0. The molecule has 2 aromatic rings. The van der Waals surface area contributed by atoms with Gasteiger partial charge in [0.15, 0.2) is 0 Å². The number of hydrogen-bond acceptors (Lipinski definition) is 5. The maximum atomic E-state index is 13.1. The molecule has 0 radical (unpaired) electrons. The molecular formula is C23H32N4O3. The number of imidazole rings is 1. The van der Waals surface area contributed by atoms with Crippen molar-refractivity contribution < 1.29 is 14.3 Å². The standard InChI is InChI=1S/C23H32N4O3/c1-29-21-7-2-4-19(16-21)17-26-9-8-24-22(26)18-27(23(28)20-5-3-6-20)11-10-25-12-14-30-15-13-25/h2,4,7-9,16,20H,3,5-6,10-15,17-18H2,1H3. The van der Waals surface area contributed by atoms with E-state index in [0.29, 0.717) is 13.1 Å². The third kappa shape index (κ3) is 5.21. The number of nitrogens with zero attached hydrogens (tertiary/aromatic N) is 4. The van der Waals surface area contributed by atoms with Crippen LogP contribution >= 0.6 is 0 Å². The van der Waals surface area contributed by atoms with E-state index in [0.717, 1.165) is 75.8 Å². The zero-order valence-corrected chi connectivity index (χ0v) is 17.8. The summed E-state index contributed by atoms with van der Waals surface area (Å²) in [5.41, 5.74) is 1.15. The molecule has 1 aromatic carbocycles. The lowest BCUT2D eigenvalue weighted by molar-refractivity contribution is -0.139. The Morgan fingerprint density at radius 2 is 2.13 bits per heavy atom. The van der Waals surface area contributed by atoms with E-state index in [9.17, 15) is 4.79 Å². The molecule has 1 saturated heterocycles. The Morgan fingerprint density at radius 1 is 1.30 bits per heavy atom. The second-order valence-corrected chi connectivity index (χ2v) is 8.16. The molecule has 0 N–H and O–H groups in total. The van der Waals surface area contributed by atoms with E-state index in [1.54, 1.807) is 7.11 Å². The van der Waals surface area contributed by atoms with Gasteiger partial charge in [-0.3, -0.25) is 9.69 Å². The second kappa shape index (κ2) is 10.1. The maximum Gasteiger partial charge on any atom is 0.226 e. The minimum atomic E-state index is 0.191.